The molecule has 1 fully saturated rings. The minimum absolute atomic E-state index is 0.0480. The first-order chi connectivity index (χ1) is 9.16. The van der Waals surface area contributed by atoms with Gasteiger partial charge in [-0.25, -0.2) is 0 Å². The number of hydrogen-bond acceptors (Lipinski definition) is 3. The number of ether oxygens (including phenoxy) is 1. The number of rotatable bonds is 1. The highest BCUT2D eigenvalue weighted by molar-refractivity contribution is 6.07. The van der Waals surface area contributed by atoms with Crippen molar-refractivity contribution in [1.82, 2.24) is 9.88 Å². The SMILES string of the molecule is CC1COCCN1C(=O)c1c[nH]c2cc(N)ccc12. The number of H-pyrrole nitrogens is 1. The van der Waals surface area contributed by atoms with Crippen molar-refractivity contribution >= 4 is 22.5 Å². The van der Waals surface area contributed by atoms with E-state index in [9.17, 15) is 4.79 Å². The zero-order chi connectivity index (χ0) is 13.4. The number of amides is 1. The molecule has 2 heterocycles. The Morgan fingerprint density at radius 1 is 1.53 bits per heavy atom. The van der Waals surface area contributed by atoms with Crippen molar-refractivity contribution < 1.29 is 9.53 Å². The third-order valence-corrected chi connectivity index (χ3v) is 3.56. The minimum atomic E-state index is 0.0480. The highest BCUT2D eigenvalue weighted by atomic mass is 16.5. The molecule has 0 radical (unpaired) electrons. The van der Waals surface area contributed by atoms with Crippen molar-refractivity contribution in [3.8, 4) is 0 Å². The smallest absolute Gasteiger partial charge is 0.256 e. The fourth-order valence-corrected chi connectivity index (χ4v) is 2.50. The van der Waals surface area contributed by atoms with Crippen molar-refractivity contribution in [1.29, 1.82) is 0 Å². The first kappa shape index (κ1) is 12.0. The third kappa shape index (κ3) is 2.06. The van der Waals surface area contributed by atoms with Crippen LogP contribution in [0.15, 0.2) is 24.4 Å². The molecule has 1 unspecified atom stereocenters. The molecule has 0 aliphatic carbocycles. The number of aromatic amines is 1. The van der Waals surface area contributed by atoms with Crippen molar-refractivity contribution in [2.45, 2.75) is 13.0 Å². The van der Waals surface area contributed by atoms with Gasteiger partial charge in [-0.1, -0.05) is 0 Å². The number of nitrogens with zero attached hydrogens (tertiary/aromatic N) is 1. The van der Waals surface area contributed by atoms with Crippen molar-refractivity contribution in [3.05, 3.63) is 30.0 Å². The van der Waals surface area contributed by atoms with Gasteiger partial charge in [0, 0.05) is 29.3 Å². The van der Waals surface area contributed by atoms with Crippen LogP contribution in [-0.2, 0) is 4.74 Å². The van der Waals surface area contributed by atoms with E-state index in [0.717, 1.165) is 10.9 Å². The second kappa shape index (κ2) is 4.59. The topological polar surface area (TPSA) is 71.3 Å². The Labute approximate surface area is 111 Å². The lowest BCUT2D eigenvalue weighted by atomic mass is 10.1. The molecule has 0 bridgehead atoms. The molecule has 100 valence electrons. The zero-order valence-corrected chi connectivity index (χ0v) is 10.8. The summed E-state index contributed by atoms with van der Waals surface area (Å²) in [5, 5.41) is 0.915. The van der Waals surface area contributed by atoms with E-state index in [1.807, 2.05) is 30.0 Å². The molecule has 0 spiro atoms. The van der Waals surface area contributed by atoms with Gasteiger partial charge in [-0.15, -0.1) is 0 Å². The lowest BCUT2D eigenvalue weighted by Crippen LogP contribution is -2.47. The minimum Gasteiger partial charge on any atom is -0.399 e. The first-order valence-electron chi connectivity index (χ1n) is 6.42. The monoisotopic (exact) mass is 259 g/mol. The molecule has 1 saturated heterocycles. The van der Waals surface area contributed by atoms with Gasteiger partial charge in [0.1, 0.15) is 0 Å². The van der Waals surface area contributed by atoms with Crippen LogP contribution in [0.2, 0.25) is 0 Å². The number of nitrogens with one attached hydrogen (secondary N) is 1. The van der Waals surface area contributed by atoms with Crippen molar-refractivity contribution in [3.63, 3.8) is 0 Å². The van der Waals surface area contributed by atoms with E-state index in [0.29, 0.717) is 31.0 Å². The van der Waals surface area contributed by atoms with E-state index < -0.39 is 0 Å². The second-order valence-corrected chi connectivity index (χ2v) is 4.93. The number of anilines is 1. The largest absolute Gasteiger partial charge is 0.399 e. The predicted octanol–water partition coefficient (Wildman–Crippen LogP) is 1.61. The maximum Gasteiger partial charge on any atom is 0.256 e. The van der Waals surface area contributed by atoms with Crippen LogP contribution in [0.25, 0.3) is 10.9 Å². The summed E-state index contributed by atoms with van der Waals surface area (Å²) in [6.07, 6.45) is 1.76. The summed E-state index contributed by atoms with van der Waals surface area (Å²) in [4.78, 5) is 17.6. The number of aromatic nitrogens is 1. The van der Waals surface area contributed by atoms with Crippen LogP contribution in [0.4, 0.5) is 5.69 Å². The van der Waals surface area contributed by atoms with Crippen LogP contribution in [0.5, 0.6) is 0 Å². The van der Waals surface area contributed by atoms with Gasteiger partial charge in [0.2, 0.25) is 0 Å². The van der Waals surface area contributed by atoms with Gasteiger partial charge in [0.25, 0.3) is 5.91 Å². The van der Waals surface area contributed by atoms with Crippen LogP contribution in [0, 0.1) is 0 Å². The standard InChI is InChI=1S/C14H17N3O2/c1-9-8-19-5-4-17(9)14(18)12-7-16-13-6-10(15)2-3-11(12)13/h2-3,6-7,9,16H,4-5,8,15H2,1H3. The normalized spacial score (nSPS) is 19.8. The van der Waals surface area contributed by atoms with Crippen LogP contribution in [-0.4, -0.2) is 41.6 Å². The molecule has 5 heteroatoms. The number of nitrogens with two attached hydrogens (primary N) is 1. The van der Waals surface area contributed by atoms with E-state index in [4.69, 9.17) is 10.5 Å². The molecule has 0 saturated carbocycles. The summed E-state index contributed by atoms with van der Waals surface area (Å²) in [7, 11) is 0. The van der Waals surface area contributed by atoms with Crippen molar-refractivity contribution in [2.24, 2.45) is 0 Å². The van der Waals surface area contributed by atoms with Crippen LogP contribution >= 0.6 is 0 Å². The molecule has 5 nitrogen and oxygen atoms in total. The van der Waals surface area contributed by atoms with Crippen LogP contribution in [0.1, 0.15) is 17.3 Å². The average molecular weight is 259 g/mol. The molecule has 3 N–H and O–H groups in total. The van der Waals surface area contributed by atoms with E-state index in [-0.39, 0.29) is 11.9 Å². The van der Waals surface area contributed by atoms with E-state index in [1.165, 1.54) is 0 Å². The summed E-state index contributed by atoms with van der Waals surface area (Å²) >= 11 is 0. The molecule has 1 aliphatic heterocycles. The van der Waals surface area contributed by atoms with Crippen LogP contribution < -0.4 is 5.73 Å². The molecule has 3 rings (SSSR count). The molecule has 1 aromatic carbocycles. The fourth-order valence-electron chi connectivity index (χ4n) is 2.50. The van der Waals surface area contributed by atoms with Gasteiger partial charge in [-0.05, 0) is 25.1 Å². The average Bonchev–Trinajstić information content (AvgIpc) is 2.81. The van der Waals surface area contributed by atoms with E-state index in [2.05, 4.69) is 4.98 Å². The summed E-state index contributed by atoms with van der Waals surface area (Å²) in [6.45, 7) is 3.85. The number of carbonyl (C=O) groups excluding carboxylic acids is 1. The Morgan fingerprint density at radius 3 is 3.16 bits per heavy atom. The molecule has 2 aromatic rings. The Morgan fingerprint density at radius 2 is 2.37 bits per heavy atom. The lowest BCUT2D eigenvalue weighted by Gasteiger charge is -2.33. The number of fused-ring (bicyclic) bond motifs is 1. The first-order valence-corrected chi connectivity index (χ1v) is 6.42. The summed E-state index contributed by atoms with van der Waals surface area (Å²) in [5.74, 6) is 0.0480. The molecular weight excluding hydrogens is 242 g/mol. The van der Waals surface area contributed by atoms with Gasteiger partial charge in [0.15, 0.2) is 0 Å². The van der Waals surface area contributed by atoms with Gasteiger partial charge < -0.3 is 20.4 Å². The molecular formula is C14H17N3O2. The molecule has 1 aromatic heterocycles. The quantitative estimate of drug-likeness (QED) is 0.764. The van der Waals surface area contributed by atoms with Gasteiger partial charge in [-0.3, -0.25) is 4.79 Å². The van der Waals surface area contributed by atoms with Gasteiger partial charge in [0.05, 0.1) is 24.8 Å². The second-order valence-electron chi connectivity index (χ2n) is 4.93. The van der Waals surface area contributed by atoms with E-state index >= 15 is 0 Å². The fraction of sp³-hybridized carbons (Fsp3) is 0.357. The predicted molar refractivity (Wildman–Crippen MR) is 74.0 cm³/mol. The van der Waals surface area contributed by atoms with Crippen LogP contribution in [0.3, 0.4) is 0 Å². The highest BCUT2D eigenvalue weighted by Gasteiger charge is 2.26. The molecule has 1 atom stereocenters. The number of hydrogen-bond donors (Lipinski definition) is 2. The van der Waals surface area contributed by atoms with Gasteiger partial charge >= 0.3 is 0 Å². The summed E-state index contributed by atoms with van der Waals surface area (Å²) < 4.78 is 5.36. The number of carbonyl (C=O) groups is 1. The Balaban J connectivity index is 1.97. The molecule has 1 amide bonds. The highest BCUT2D eigenvalue weighted by Crippen LogP contribution is 2.23. The number of benzene rings is 1. The van der Waals surface area contributed by atoms with Gasteiger partial charge in [-0.2, -0.15) is 0 Å². The van der Waals surface area contributed by atoms with E-state index in [1.54, 1.807) is 6.20 Å². The maximum atomic E-state index is 12.6. The third-order valence-electron chi connectivity index (χ3n) is 3.56. The summed E-state index contributed by atoms with van der Waals surface area (Å²) in [6, 6.07) is 5.66. The molecule has 19 heavy (non-hydrogen) atoms. The summed E-state index contributed by atoms with van der Waals surface area (Å²) in [5.41, 5.74) is 8.02. The zero-order valence-electron chi connectivity index (χ0n) is 10.8. The maximum absolute atomic E-state index is 12.6. The number of morpholine rings is 1. The molecule has 1 aliphatic rings. The Hall–Kier alpha value is -2.01. The lowest BCUT2D eigenvalue weighted by molar-refractivity contribution is 0.00371. The number of nitrogen functional groups attached to an aromatic ring is 1. The Kier molecular flexibility index (Phi) is 2.91. The van der Waals surface area contributed by atoms with Crippen molar-refractivity contribution in [2.75, 3.05) is 25.5 Å². The Bertz CT molecular complexity index is 620.